The van der Waals surface area contributed by atoms with Crippen LogP contribution in [0.15, 0.2) is 47.4 Å². The molecule has 0 bridgehead atoms. The monoisotopic (exact) mass is 328 g/mol. The van der Waals surface area contributed by atoms with Crippen LogP contribution in [0.1, 0.15) is 18.1 Å². The fourth-order valence-corrected chi connectivity index (χ4v) is 2.53. The molecule has 6 heteroatoms. The molecule has 1 atom stereocenters. The van der Waals surface area contributed by atoms with Crippen molar-refractivity contribution >= 4 is 11.7 Å². The molecule has 0 aliphatic rings. The Morgan fingerprint density at radius 1 is 1.29 bits per heavy atom. The number of rotatable bonds is 6. The predicted octanol–water partition coefficient (Wildman–Crippen LogP) is 2.33. The zero-order valence-corrected chi connectivity index (χ0v) is 14.3. The molecule has 1 aromatic heterocycles. The van der Waals surface area contributed by atoms with Crippen molar-refractivity contribution in [3.63, 3.8) is 0 Å². The zero-order valence-electron chi connectivity index (χ0n) is 14.3. The molecule has 0 radical (unpaired) electrons. The third-order valence-electron chi connectivity index (χ3n) is 3.61. The quantitative estimate of drug-likeness (QED) is 0.761. The number of aromatic amines is 1. The lowest BCUT2D eigenvalue weighted by molar-refractivity contribution is 0.241. The summed E-state index contributed by atoms with van der Waals surface area (Å²) in [6, 6.07) is 11.5. The number of amides is 2. The molecular weight excluding hydrogens is 304 g/mol. The number of nitrogens with one attached hydrogen (secondary N) is 3. The van der Waals surface area contributed by atoms with Crippen LogP contribution in [-0.4, -0.2) is 35.5 Å². The van der Waals surface area contributed by atoms with Gasteiger partial charge in [-0.1, -0.05) is 30.3 Å². The summed E-state index contributed by atoms with van der Waals surface area (Å²) in [7, 11) is 2.02. The van der Waals surface area contributed by atoms with Crippen molar-refractivity contribution in [3.8, 4) is 0 Å². The number of aromatic nitrogens is 1. The van der Waals surface area contributed by atoms with Gasteiger partial charge in [-0.05, 0) is 32.5 Å². The maximum Gasteiger partial charge on any atom is 0.319 e. The van der Waals surface area contributed by atoms with Gasteiger partial charge in [-0.3, -0.25) is 4.79 Å². The summed E-state index contributed by atoms with van der Waals surface area (Å²) in [5, 5.41) is 5.62. The molecule has 0 saturated carbocycles. The third-order valence-corrected chi connectivity index (χ3v) is 3.61. The number of aryl methyl sites for hydroxylation is 1. The largest absolute Gasteiger partial charge is 0.334 e. The van der Waals surface area contributed by atoms with Gasteiger partial charge in [-0.2, -0.15) is 0 Å². The first kappa shape index (κ1) is 17.7. The predicted molar refractivity (Wildman–Crippen MR) is 96.2 cm³/mol. The van der Waals surface area contributed by atoms with Gasteiger partial charge in [-0.15, -0.1) is 0 Å². The van der Waals surface area contributed by atoms with Crippen molar-refractivity contribution in [2.45, 2.75) is 26.4 Å². The van der Waals surface area contributed by atoms with E-state index in [0.717, 1.165) is 13.1 Å². The van der Waals surface area contributed by atoms with Crippen molar-refractivity contribution in [2.75, 3.05) is 18.9 Å². The highest BCUT2D eigenvalue weighted by atomic mass is 16.2. The summed E-state index contributed by atoms with van der Waals surface area (Å²) >= 11 is 0. The van der Waals surface area contributed by atoms with Gasteiger partial charge in [0.2, 0.25) is 0 Å². The minimum atomic E-state index is -0.290. The highest BCUT2D eigenvalue weighted by Gasteiger charge is 2.11. The Morgan fingerprint density at radius 2 is 2.00 bits per heavy atom. The Kier molecular flexibility index (Phi) is 6.14. The molecular formula is C18H24N4O2. The molecule has 0 saturated heterocycles. The summed E-state index contributed by atoms with van der Waals surface area (Å²) < 4.78 is 0. The molecule has 128 valence electrons. The lowest BCUT2D eigenvalue weighted by atomic mass is 10.2. The van der Waals surface area contributed by atoms with Crippen LogP contribution in [0, 0.1) is 6.92 Å². The Labute approximate surface area is 141 Å². The average Bonchev–Trinajstić information content (AvgIpc) is 2.51. The molecule has 2 aromatic rings. The summed E-state index contributed by atoms with van der Waals surface area (Å²) in [6.45, 7) is 5.21. The van der Waals surface area contributed by atoms with E-state index in [-0.39, 0.29) is 17.6 Å². The van der Waals surface area contributed by atoms with Crippen LogP contribution in [0.5, 0.6) is 0 Å². The van der Waals surface area contributed by atoms with Crippen LogP contribution in [0.2, 0.25) is 0 Å². The second-order valence-electron chi connectivity index (χ2n) is 6.08. The fraction of sp³-hybridized carbons (Fsp3) is 0.333. The molecule has 1 unspecified atom stereocenters. The van der Waals surface area contributed by atoms with Crippen LogP contribution >= 0.6 is 0 Å². The minimum Gasteiger partial charge on any atom is -0.334 e. The van der Waals surface area contributed by atoms with Crippen LogP contribution in [0.3, 0.4) is 0 Å². The number of urea groups is 1. The first-order valence-corrected chi connectivity index (χ1v) is 7.93. The van der Waals surface area contributed by atoms with Crippen LogP contribution < -0.4 is 16.2 Å². The number of anilines is 1. The molecule has 1 heterocycles. The number of benzene rings is 1. The number of nitrogens with zero attached hydrogens (tertiary/aromatic N) is 1. The highest BCUT2D eigenvalue weighted by Crippen LogP contribution is 2.05. The van der Waals surface area contributed by atoms with Crippen molar-refractivity contribution in [1.82, 2.24) is 15.2 Å². The maximum atomic E-state index is 12.0. The number of H-pyrrole nitrogens is 1. The van der Waals surface area contributed by atoms with E-state index in [1.54, 1.807) is 13.0 Å². The van der Waals surface area contributed by atoms with E-state index >= 15 is 0 Å². The molecule has 3 N–H and O–H groups in total. The smallest absolute Gasteiger partial charge is 0.319 e. The fourth-order valence-electron chi connectivity index (χ4n) is 2.53. The number of hydrogen-bond donors (Lipinski definition) is 3. The first-order chi connectivity index (χ1) is 11.4. The molecule has 2 rings (SSSR count). The number of carbonyl (C=O) groups is 1. The van der Waals surface area contributed by atoms with Crippen LogP contribution in [0.25, 0.3) is 0 Å². The lowest BCUT2D eigenvalue weighted by Gasteiger charge is -2.22. The van der Waals surface area contributed by atoms with Gasteiger partial charge in [0.1, 0.15) is 0 Å². The van der Waals surface area contributed by atoms with Crippen molar-refractivity contribution in [2.24, 2.45) is 0 Å². The van der Waals surface area contributed by atoms with Gasteiger partial charge in [0, 0.05) is 30.9 Å². The standard InChI is InChI=1S/C18H24N4O2/c1-13-9-16(10-19-17(13)23)21-18(24)20-14(2)11-22(3)12-15-7-5-4-6-8-15/h4-10,14H,11-12H2,1-3H3,(H,19,23)(H2,20,21,24). The molecule has 24 heavy (non-hydrogen) atoms. The molecule has 1 aromatic carbocycles. The lowest BCUT2D eigenvalue weighted by Crippen LogP contribution is -2.42. The van der Waals surface area contributed by atoms with Crippen LogP contribution in [0.4, 0.5) is 10.5 Å². The molecule has 0 aliphatic carbocycles. The second-order valence-corrected chi connectivity index (χ2v) is 6.08. The summed E-state index contributed by atoms with van der Waals surface area (Å²) in [5.74, 6) is 0. The van der Waals surface area contributed by atoms with Gasteiger partial charge in [0.05, 0.1) is 5.69 Å². The number of hydrogen-bond acceptors (Lipinski definition) is 3. The van der Waals surface area contributed by atoms with Gasteiger partial charge >= 0.3 is 6.03 Å². The second kappa shape index (κ2) is 8.31. The maximum absolute atomic E-state index is 12.0. The Balaban J connectivity index is 1.80. The average molecular weight is 328 g/mol. The summed E-state index contributed by atoms with van der Waals surface area (Å²) in [6.07, 6.45) is 1.49. The first-order valence-electron chi connectivity index (χ1n) is 7.93. The number of carbonyl (C=O) groups excluding carboxylic acids is 1. The Bertz CT molecular complexity index is 727. The van der Waals surface area contributed by atoms with Crippen molar-refractivity contribution in [1.29, 1.82) is 0 Å². The van der Waals surface area contributed by atoms with E-state index < -0.39 is 0 Å². The van der Waals surface area contributed by atoms with E-state index in [1.807, 2.05) is 32.2 Å². The van der Waals surface area contributed by atoms with E-state index in [2.05, 4.69) is 32.7 Å². The SMILES string of the molecule is Cc1cc(NC(=O)NC(C)CN(C)Cc2ccccc2)c[nH]c1=O. The molecule has 0 fully saturated rings. The van der Waals surface area contributed by atoms with E-state index in [9.17, 15) is 9.59 Å². The topological polar surface area (TPSA) is 77.2 Å². The molecule has 0 spiro atoms. The van der Waals surface area contributed by atoms with Crippen molar-refractivity contribution in [3.05, 3.63) is 64.1 Å². The van der Waals surface area contributed by atoms with Gasteiger partial charge < -0.3 is 20.5 Å². The van der Waals surface area contributed by atoms with Crippen molar-refractivity contribution < 1.29 is 4.79 Å². The van der Waals surface area contributed by atoms with Gasteiger partial charge in [0.15, 0.2) is 0 Å². The highest BCUT2D eigenvalue weighted by molar-refractivity contribution is 5.89. The summed E-state index contributed by atoms with van der Waals surface area (Å²) in [5.41, 5.74) is 2.20. The normalized spacial score (nSPS) is 12.0. The van der Waals surface area contributed by atoms with Gasteiger partial charge in [-0.25, -0.2) is 4.79 Å². The number of pyridine rings is 1. The van der Waals surface area contributed by atoms with E-state index in [0.29, 0.717) is 11.3 Å². The van der Waals surface area contributed by atoms with Gasteiger partial charge in [0.25, 0.3) is 5.56 Å². The van der Waals surface area contributed by atoms with E-state index in [1.165, 1.54) is 11.8 Å². The molecule has 2 amide bonds. The minimum absolute atomic E-state index is 0.0115. The van der Waals surface area contributed by atoms with E-state index in [4.69, 9.17) is 0 Å². The molecule has 6 nitrogen and oxygen atoms in total. The van der Waals surface area contributed by atoms with Crippen LogP contribution in [-0.2, 0) is 6.54 Å². The Hall–Kier alpha value is -2.60. The Morgan fingerprint density at radius 3 is 2.67 bits per heavy atom. The third kappa shape index (κ3) is 5.55. The summed E-state index contributed by atoms with van der Waals surface area (Å²) in [4.78, 5) is 28.1. The zero-order chi connectivity index (χ0) is 17.5. The number of likely N-dealkylation sites (N-methyl/N-ethyl adjacent to an activating group) is 1. The molecule has 0 aliphatic heterocycles.